The molecule has 0 fully saturated rings. The second kappa shape index (κ2) is 5.78. The van der Waals surface area contributed by atoms with Gasteiger partial charge in [0.15, 0.2) is 0 Å². The molecule has 2 nitrogen and oxygen atoms in total. The maximum absolute atomic E-state index is 5.49. The van der Waals surface area contributed by atoms with Gasteiger partial charge in [-0.3, -0.25) is 0 Å². The van der Waals surface area contributed by atoms with Gasteiger partial charge in [-0.05, 0) is 32.4 Å². The normalized spacial score (nSPS) is 10.5. The van der Waals surface area contributed by atoms with E-state index in [2.05, 4.69) is 32.0 Å². The molecule has 0 atom stereocenters. The van der Waals surface area contributed by atoms with Crippen molar-refractivity contribution in [3.05, 3.63) is 34.9 Å². The van der Waals surface area contributed by atoms with Gasteiger partial charge in [-0.25, -0.2) is 0 Å². The van der Waals surface area contributed by atoms with E-state index in [0.29, 0.717) is 13.2 Å². The molecule has 0 aliphatic carbocycles. The van der Waals surface area contributed by atoms with Gasteiger partial charge in [0.05, 0.1) is 6.61 Å². The highest BCUT2D eigenvalue weighted by molar-refractivity contribution is 5.27. The molecule has 1 aromatic rings. The van der Waals surface area contributed by atoms with Crippen molar-refractivity contribution in [2.75, 3.05) is 13.2 Å². The van der Waals surface area contributed by atoms with Crippen LogP contribution in [0.15, 0.2) is 18.2 Å². The largest absolute Gasteiger partial charge is 0.377 e. The maximum Gasteiger partial charge on any atom is 0.0717 e. The van der Waals surface area contributed by atoms with Crippen LogP contribution in [0.3, 0.4) is 0 Å². The van der Waals surface area contributed by atoms with Gasteiger partial charge in [-0.1, -0.05) is 29.3 Å². The zero-order valence-electron chi connectivity index (χ0n) is 9.05. The molecule has 0 heterocycles. The third-order valence-corrected chi connectivity index (χ3v) is 2.04. The van der Waals surface area contributed by atoms with Crippen LogP contribution in [0.1, 0.15) is 23.1 Å². The molecular formula is C12H19NO. The van der Waals surface area contributed by atoms with Crippen molar-refractivity contribution >= 4 is 0 Å². The molecule has 0 amide bonds. The smallest absolute Gasteiger partial charge is 0.0717 e. The lowest BCUT2D eigenvalue weighted by Crippen LogP contribution is -2.04. The molecule has 0 aliphatic heterocycles. The van der Waals surface area contributed by atoms with Gasteiger partial charge in [0, 0.05) is 6.61 Å². The first-order valence-corrected chi connectivity index (χ1v) is 5.07. The fourth-order valence-corrected chi connectivity index (χ4v) is 1.53. The Morgan fingerprint density at radius 2 is 1.79 bits per heavy atom. The number of rotatable bonds is 5. The minimum atomic E-state index is 0.697. The molecule has 2 N–H and O–H groups in total. The second-order valence-electron chi connectivity index (χ2n) is 3.69. The Bertz CT molecular complexity index is 263. The van der Waals surface area contributed by atoms with Crippen molar-refractivity contribution in [2.24, 2.45) is 5.73 Å². The highest BCUT2D eigenvalue weighted by Gasteiger charge is 1.95. The quantitative estimate of drug-likeness (QED) is 0.727. The summed E-state index contributed by atoms with van der Waals surface area (Å²) >= 11 is 0. The van der Waals surface area contributed by atoms with E-state index in [0.717, 1.165) is 13.0 Å². The van der Waals surface area contributed by atoms with Crippen LogP contribution in [-0.4, -0.2) is 13.2 Å². The lowest BCUT2D eigenvalue weighted by atomic mass is 10.1. The molecule has 14 heavy (non-hydrogen) atoms. The van der Waals surface area contributed by atoms with Gasteiger partial charge in [0.1, 0.15) is 0 Å². The van der Waals surface area contributed by atoms with Crippen LogP contribution < -0.4 is 5.73 Å². The molecule has 0 bridgehead atoms. The SMILES string of the molecule is Cc1cc(C)cc(COCCCN)c1. The third-order valence-electron chi connectivity index (χ3n) is 2.04. The number of hydrogen-bond acceptors (Lipinski definition) is 2. The van der Waals surface area contributed by atoms with E-state index >= 15 is 0 Å². The summed E-state index contributed by atoms with van der Waals surface area (Å²) in [4.78, 5) is 0. The average Bonchev–Trinajstić information content (AvgIpc) is 2.11. The van der Waals surface area contributed by atoms with Crippen molar-refractivity contribution in [1.29, 1.82) is 0 Å². The van der Waals surface area contributed by atoms with E-state index in [9.17, 15) is 0 Å². The van der Waals surface area contributed by atoms with E-state index < -0.39 is 0 Å². The molecule has 1 rings (SSSR count). The minimum Gasteiger partial charge on any atom is -0.377 e. The fraction of sp³-hybridized carbons (Fsp3) is 0.500. The average molecular weight is 193 g/mol. The van der Waals surface area contributed by atoms with Crippen LogP contribution >= 0.6 is 0 Å². The molecule has 0 radical (unpaired) electrons. The molecule has 2 heteroatoms. The monoisotopic (exact) mass is 193 g/mol. The lowest BCUT2D eigenvalue weighted by Gasteiger charge is -2.05. The Balaban J connectivity index is 2.42. The predicted molar refractivity (Wildman–Crippen MR) is 59.2 cm³/mol. The summed E-state index contributed by atoms with van der Waals surface area (Å²) in [6.07, 6.45) is 0.935. The molecule has 1 aromatic carbocycles. The number of ether oxygens (including phenoxy) is 1. The van der Waals surface area contributed by atoms with Crippen molar-refractivity contribution in [3.8, 4) is 0 Å². The molecule has 0 saturated carbocycles. The summed E-state index contributed by atoms with van der Waals surface area (Å²) in [6.45, 7) is 6.37. The summed E-state index contributed by atoms with van der Waals surface area (Å²) in [6, 6.07) is 6.49. The van der Waals surface area contributed by atoms with E-state index in [1.807, 2.05) is 0 Å². The van der Waals surface area contributed by atoms with E-state index in [4.69, 9.17) is 10.5 Å². The Labute approximate surface area is 86.1 Å². The molecular weight excluding hydrogens is 174 g/mol. The first kappa shape index (κ1) is 11.2. The van der Waals surface area contributed by atoms with Gasteiger partial charge >= 0.3 is 0 Å². The van der Waals surface area contributed by atoms with Crippen LogP contribution in [0.5, 0.6) is 0 Å². The van der Waals surface area contributed by atoms with Crippen molar-refractivity contribution in [2.45, 2.75) is 26.9 Å². The number of nitrogens with two attached hydrogens (primary N) is 1. The predicted octanol–water partition coefficient (Wildman–Crippen LogP) is 2.17. The Hall–Kier alpha value is -0.860. The Morgan fingerprint density at radius 1 is 1.14 bits per heavy atom. The van der Waals surface area contributed by atoms with Gasteiger partial charge < -0.3 is 10.5 Å². The van der Waals surface area contributed by atoms with Crippen molar-refractivity contribution in [1.82, 2.24) is 0 Å². The van der Waals surface area contributed by atoms with Gasteiger partial charge in [0.2, 0.25) is 0 Å². The molecule has 0 saturated heterocycles. The van der Waals surface area contributed by atoms with Gasteiger partial charge in [-0.2, -0.15) is 0 Å². The number of aryl methyl sites for hydroxylation is 2. The summed E-state index contributed by atoms with van der Waals surface area (Å²) < 4.78 is 5.49. The third kappa shape index (κ3) is 3.90. The molecule has 0 spiro atoms. The second-order valence-corrected chi connectivity index (χ2v) is 3.69. The van der Waals surface area contributed by atoms with Crippen molar-refractivity contribution in [3.63, 3.8) is 0 Å². The Morgan fingerprint density at radius 3 is 2.36 bits per heavy atom. The van der Waals surface area contributed by atoms with Gasteiger partial charge in [-0.15, -0.1) is 0 Å². The summed E-state index contributed by atoms with van der Waals surface area (Å²) in [5.74, 6) is 0. The van der Waals surface area contributed by atoms with Gasteiger partial charge in [0.25, 0.3) is 0 Å². The Kier molecular flexibility index (Phi) is 4.63. The summed E-state index contributed by atoms with van der Waals surface area (Å²) in [7, 11) is 0. The van der Waals surface area contributed by atoms with Crippen LogP contribution in [0, 0.1) is 13.8 Å². The standard InChI is InChI=1S/C12H19NO/c1-10-6-11(2)8-12(7-10)9-14-5-3-4-13/h6-8H,3-5,9,13H2,1-2H3. The van der Waals surface area contributed by atoms with Crippen LogP contribution in [0.2, 0.25) is 0 Å². The zero-order chi connectivity index (χ0) is 10.4. The van der Waals surface area contributed by atoms with Crippen LogP contribution in [0.25, 0.3) is 0 Å². The summed E-state index contributed by atoms with van der Waals surface area (Å²) in [5, 5.41) is 0. The first-order chi connectivity index (χ1) is 6.72. The molecule has 0 aliphatic rings. The number of benzene rings is 1. The van der Waals surface area contributed by atoms with Crippen molar-refractivity contribution < 1.29 is 4.74 Å². The van der Waals surface area contributed by atoms with E-state index in [1.165, 1.54) is 16.7 Å². The molecule has 0 unspecified atom stereocenters. The minimum absolute atomic E-state index is 0.697. The first-order valence-electron chi connectivity index (χ1n) is 5.07. The highest BCUT2D eigenvalue weighted by Crippen LogP contribution is 2.09. The topological polar surface area (TPSA) is 35.2 Å². The van der Waals surface area contributed by atoms with Crippen LogP contribution in [0.4, 0.5) is 0 Å². The van der Waals surface area contributed by atoms with Crippen LogP contribution in [-0.2, 0) is 11.3 Å². The van der Waals surface area contributed by atoms with E-state index in [1.54, 1.807) is 0 Å². The summed E-state index contributed by atoms with van der Waals surface area (Å²) in [5.41, 5.74) is 9.21. The van der Waals surface area contributed by atoms with E-state index in [-0.39, 0.29) is 0 Å². The lowest BCUT2D eigenvalue weighted by molar-refractivity contribution is 0.120. The molecule has 0 aromatic heterocycles. The molecule has 78 valence electrons. The zero-order valence-corrected chi connectivity index (χ0v) is 9.05. The maximum atomic E-state index is 5.49. The highest BCUT2D eigenvalue weighted by atomic mass is 16.5. The number of hydrogen-bond donors (Lipinski definition) is 1. The fourth-order valence-electron chi connectivity index (χ4n) is 1.53.